The van der Waals surface area contributed by atoms with Crippen molar-refractivity contribution in [3.05, 3.63) is 29.6 Å². The summed E-state index contributed by atoms with van der Waals surface area (Å²) >= 11 is 0. The van der Waals surface area contributed by atoms with Gasteiger partial charge >= 0.3 is 0 Å². The topological polar surface area (TPSA) is 83.0 Å². The quantitative estimate of drug-likeness (QED) is 0.649. The summed E-state index contributed by atoms with van der Waals surface area (Å²) in [6.07, 6.45) is 5.59. The van der Waals surface area contributed by atoms with Crippen LogP contribution in [-0.2, 0) is 14.8 Å². The third-order valence-corrected chi connectivity index (χ3v) is 7.19. The van der Waals surface area contributed by atoms with Crippen LogP contribution in [0.25, 0.3) is 0 Å². The Morgan fingerprint density at radius 3 is 2.52 bits per heavy atom. The fourth-order valence-corrected chi connectivity index (χ4v) is 5.02. The number of aryl methyl sites for hydroxylation is 1. The van der Waals surface area contributed by atoms with Gasteiger partial charge < -0.3 is 9.64 Å². The van der Waals surface area contributed by atoms with E-state index in [0.29, 0.717) is 37.8 Å². The predicted molar refractivity (Wildman–Crippen MR) is 111 cm³/mol. The highest BCUT2D eigenvalue weighted by Gasteiger charge is 2.35. The molecule has 29 heavy (non-hydrogen) atoms. The highest BCUT2D eigenvalue weighted by Crippen LogP contribution is 2.24. The number of rotatable bonds is 7. The zero-order valence-corrected chi connectivity index (χ0v) is 18.4. The lowest BCUT2D eigenvalue weighted by Gasteiger charge is -2.39. The van der Waals surface area contributed by atoms with E-state index in [1.165, 1.54) is 6.26 Å². The number of sulfonamides is 1. The van der Waals surface area contributed by atoms with Crippen molar-refractivity contribution >= 4 is 15.9 Å². The summed E-state index contributed by atoms with van der Waals surface area (Å²) in [5.74, 6) is -0.0476. The van der Waals surface area contributed by atoms with Crippen LogP contribution in [0.5, 0.6) is 0 Å². The molecule has 1 atom stereocenters. The molecule has 2 saturated heterocycles. The van der Waals surface area contributed by atoms with Crippen molar-refractivity contribution in [1.29, 1.82) is 0 Å². The molecule has 1 aromatic rings. The van der Waals surface area contributed by atoms with Crippen molar-refractivity contribution in [1.82, 2.24) is 19.1 Å². The highest BCUT2D eigenvalue weighted by atomic mass is 32.2. The number of amides is 1. The third kappa shape index (κ3) is 5.75. The van der Waals surface area contributed by atoms with E-state index in [-0.39, 0.29) is 11.9 Å². The Kier molecular flexibility index (Phi) is 7.26. The Balaban J connectivity index is 1.65. The van der Waals surface area contributed by atoms with Gasteiger partial charge in [-0.05, 0) is 38.3 Å². The number of aromatic nitrogens is 1. The molecule has 0 aliphatic carbocycles. The largest absolute Gasteiger partial charge is 0.381 e. The van der Waals surface area contributed by atoms with E-state index < -0.39 is 10.0 Å². The number of carbonyl (C=O) groups excluding carboxylic acids is 1. The maximum Gasteiger partial charge on any atom is 0.255 e. The summed E-state index contributed by atoms with van der Waals surface area (Å²) in [5.41, 5.74) is 1.46. The summed E-state index contributed by atoms with van der Waals surface area (Å²) in [4.78, 5) is 21.1. The minimum absolute atomic E-state index is 0.0476. The van der Waals surface area contributed by atoms with Gasteiger partial charge in [-0.25, -0.2) is 12.7 Å². The van der Waals surface area contributed by atoms with Crippen LogP contribution in [0.1, 0.15) is 35.3 Å². The summed E-state index contributed by atoms with van der Waals surface area (Å²) in [7, 11) is -1.37. The van der Waals surface area contributed by atoms with Crippen LogP contribution in [0, 0.1) is 6.92 Å². The number of pyridine rings is 1. The lowest BCUT2D eigenvalue weighted by Crippen LogP contribution is -2.50. The smallest absolute Gasteiger partial charge is 0.255 e. The zero-order valence-electron chi connectivity index (χ0n) is 17.6. The van der Waals surface area contributed by atoms with Gasteiger partial charge in [-0.15, -0.1) is 0 Å². The average Bonchev–Trinajstić information content (AvgIpc) is 3.19. The monoisotopic (exact) mass is 424 g/mol. The van der Waals surface area contributed by atoms with Gasteiger partial charge in [0.15, 0.2) is 0 Å². The average molecular weight is 425 g/mol. The van der Waals surface area contributed by atoms with Gasteiger partial charge in [0.1, 0.15) is 0 Å². The van der Waals surface area contributed by atoms with Crippen molar-refractivity contribution in [2.24, 2.45) is 0 Å². The fraction of sp³-hybridized carbons (Fsp3) is 0.700. The second-order valence-electron chi connectivity index (χ2n) is 8.06. The van der Waals surface area contributed by atoms with Crippen molar-refractivity contribution in [3.8, 4) is 0 Å². The van der Waals surface area contributed by atoms with Gasteiger partial charge in [-0.2, -0.15) is 0 Å². The molecule has 3 heterocycles. The van der Waals surface area contributed by atoms with E-state index >= 15 is 0 Å². The molecular formula is C20H32N4O4S. The highest BCUT2D eigenvalue weighted by molar-refractivity contribution is 7.88. The Labute approximate surface area is 173 Å². The fourth-order valence-electron chi connectivity index (χ4n) is 4.14. The SMILES string of the molecule is Cc1ccc(C(=O)N(C)CCN(C2CCOCC2)C2CCN(S(C)(=O)=O)C2)cn1. The van der Waals surface area contributed by atoms with Crippen LogP contribution in [0.3, 0.4) is 0 Å². The number of carbonyl (C=O) groups is 1. The summed E-state index contributed by atoms with van der Waals surface area (Å²) < 4.78 is 31.0. The Morgan fingerprint density at radius 2 is 1.93 bits per heavy atom. The Bertz CT molecular complexity index is 793. The molecule has 8 nitrogen and oxygen atoms in total. The number of nitrogens with zero attached hydrogens (tertiary/aromatic N) is 4. The summed E-state index contributed by atoms with van der Waals surface area (Å²) in [6, 6.07) is 4.18. The molecular weight excluding hydrogens is 392 g/mol. The lowest BCUT2D eigenvalue weighted by molar-refractivity contribution is 0.0158. The molecule has 1 unspecified atom stereocenters. The molecule has 1 amide bonds. The molecule has 0 aromatic carbocycles. The molecule has 0 N–H and O–H groups in total. The normalized spacial score (nSPS) is 21.6. The third-order valence-electron chi connectivity index (χ3n) is 5.92. The van der Waals surface area contributed by atoms with Crippen LogP contribution in [0.2, 0.25) is 0 Å². The first-order valence-corrected chi connectivity index (χ1v) is 12.1. The van der Waals surface area contributed by atoms with Crippen molar-refractivity contribution in [3.63, 3.8) is 0 Å². The molecule has 1 aromatic heterocycles. The van der Waals surface area contributed by atoms with Crippen molar-refractivity contribution in [2.45, 2.75) is 38.3 Å². The lowest BCUT2D eigenvalue weighted by atomic mass is 10.0. The van der Waals surface area contributed by atoms with Crippen LogP contribution in [0.4, 0.5) is 0 Å². The molecule has 2 fully saturated rings. The standard InChI is InChI=1S/C20H32N4O4S/c1-16-4-5-17(14-21-16)20(25)22(2)10-11-24(18-7-12-28-13-8-18)19-6-9-23(15-19)29(3,26)27/h4-5,14,18-19H,6-13,15H2,1-3H3. The molecule has 0 bridgehead atoms. The molecule has 3 rings (SSSR count). The molecule has 2 aliphatic heterocycles. The number of hydrogen-bond acceptors (Lipinski definition) is 6. The van der Waals surface area contributed by atoms with Crippen molar-refractivity contribution < 1.29 is 17.9 Å². The zero-order chi connectivity index (χ0) is 21.0. The minimum Gasteiger partial charge on any atom is -0.381 e. The first kappa shape index (κ1) is 22.1. The van der Waals surface area contributed by atoms with Gasteiger partial charge in [-0.1, -0.05) is 0 Å². The number of ether oxygens (including phenoxy) is 1. The van der Waals surface area contributed by atoms with Crippen molar-refractivity contribution in [2.75, 3.05) is 52.7 Å². The molecule has 0 saturated carbocycles. The molecule has 0 radical (unpaired) electrons. The Hall–Kier alpha value is -1.55. The van der Waals surface area contributed by atoms with Crippen LogP contribution in [0.15, 0.2) is 18.3 Å². The Morgan fingerprint density at radius 1 is 1.21 bits per heavy atom. The van der Waals surface area contributed by atoms with Gasteiger partial charge in [-0.3, -0.25) is 14.7 Å². The number of hydrogen-bond donors (Lipinski definition) is 0. The van der Waals surface area contributed by atoms with E-state index in [2.05, 4.69) is 9.88 Å². The van der Waals surface area contributed by atoms with Gasteiger partial charge in [0, 0.05) is 70.4 Å². The first-order valence-electron chi connectivity index (χ1n) is 10.2. The van der Waals surface area contributed by atoms with E-state index in [1.54, 1.807) is 21.5 Å². The van der Waals surface area contributed by atoms with Gasteiger partial charge in [0.2, 0.25) is 10.0 Å². The predicted octanol–water partition coefficient (Wildman–Crippen LogP) is 0.977. The van der Waals surface area contributed by atoms with E-state index in [1.807, 2.05) is 20.0 Å². The van der Waals surface area contributed by atoms with E-state index in [9.17, 15) is 13.2 Å². The molecule has 0 spiro atoms. The van der Waals surface area contributed by atoms with Crippen LogP contribution in [-0.4, -0.2) is 98.2 Å². The van der Waals surface area contributed by atoms with Crippen LogP contribution < -0.4 is 0 Å². The maximum atomic E-state index is 12.7. The first-order chi connectivity index (χ1) is 13.8. The molecule has 162 valence electrons. The van der Waals surface area contributed by atoms with E-state index in [4.69, 9.17) is 4.74 Å². The van der Waals surface area contributed by atoms with Crippen LogP contribution >= 0.6 is 0 Å². The second-order valence-corrected chi connectivity index (χ2v) is 10.0. The minimum atomic E-state index is -3.17. The maximum absolute atomic E-state index is 12.7. The molecule has 2 aliphatic rings. The van der Waals surface area contributed by atoms with Gasteiger partial charge in [0.25, 0.3) is 5.91 Å². The summed E-state index contributed by atoms with van der Waals surface area (Å²) in [6.45, 7) is 5.74. The second kappa shape index (κ2) is 9.51. The number of likely N-dealkylation sites (N-methyl/N-ethyl adjacent to an activating group) is 1. The van der Waals surface area contributed by atoms with Gasteiger partial charge in [0.05, 0.1) is 11.8 Å². The molecule has 9 heteroatoms. The van der Waals surface area contributed by atoms with E-state index in [0.717, 1.165) is 38.2 Å². The summed E-state index contributed by atoms with van der Waals surface area (Å²) in [5, 5.41) is 0.